The molecular weight excluding hydrogens is 386 g/mol. The average molecular weight is 404 g/mol. The summed E-state index contributed by atoms with van der Waals surface area (Å²) in [5.41, 5.74) is 1.46. The lowest BCUT2D eigenvalue weighted by molar-refractivity contribution is 0.129. The SMILES string of the molecule is O=C(NCCc1ccc(O)c(O)c1)OCC(c1ccccc1Cl)n1ncnn1. The molecular formula is C18H18ClN5O4. The molecule has 0 bridgehead atoms. The molecule has 9 nitrogen and oxygen atoms in total. The number of carbonyl (C=O) groups excluding carboxylic acids is 1. The zero-order valence-electron chi connectivity index (χ0n) is 14.7. The minimum Gasteiger partial charge on any atom is -0.504 e. The van der Waals surface area contributed by atoms with E-state index in [9.17, 15) is 15.0 Å². The standard InChI is InChI=1S/C18H18ClN5O4/c19-14-4-2-1-3-13(14)15(24-22-11-21-23-24)10-28-18(27)20-8-7-12-5-6-16(25)17(26)9-12/h1-6,9,11,15,25-26H,7-8,10H2,(H,20,27). The van der Waals surface area contributed by atoms with Crippen LogP contribution in [0.1, 0.15) is 17.2 Å². The highest BCUT2D eigenvalue weighted by Crippen LogP contribution is 2.26. The number of amides is 1. The number of phenolic OH excluding ortho intramolecular Hbond substituents is 2. The third kappa shape index (κ3) is 4.89. The zero-order chi connectivity index (χ0) is 19.9. The Morgan fingerprint density at radius 3 is 2.75 bits per heavy atom. The molecule has 1 heterocycles. The van der Waals surface area contributed by atoms with Crippen molar-refractivity contribution in [1.29, 1.82) is 0 Å². The van der Waals surface area contributed by atoms with Gasteiger partial charge in [0.15, 0.2) is 17.8 Å². The Morgan fingerprint density at radius 1 is 1.21 bits per heavy atom. The van der Waals surface area contributed by atoms with E-state index in [0.717, 1.165) is 5.56 Å². The van der Waals surface area contributed by atoms with Crippen molar-refractivity contribution in [2.24, 2.45) is 0 Å². The number of hydrogen-bond donors (Lipinski definition) is 3. The summed E-state index contributed by atoms with van der Waals surface area (Å²) in [5.74, 6) is -0.397. The van der Waals surface area contributed by atoms with Crippen LogP contribution in [-0.2, 0) is 11.2 Å². The summed E-state index contributed by atoms with van der Waals surface area (Å²) in [6.07, 6.45) is 1.14. The number of aromatic nitrogens is 4. The number of halogens is 1. The van der Waals surface area contributed by atoms with Crippen LogP contribution >= 0.6 is 11.6 Å². The predicted octanol–water partition coefficient (Wildman–Crippen LogP) is 2.30. The lowest BCUT2D eigenvalue weighted by atomic mass is 10.1. The summed E-state index contributed by atoms with van der Waals surface area (Å²) in [6, 6.07) is 11.1. The molecule has 0 saturated heterocycles. The lowest BCUT2D eigenvalue weighted by Crippen LogP contribution is -2.30. The van der Waals surface area contributed by atoms with Crippen molar-refractivity contribution in [3.8, 4) is 11.5 Å². The van der Waals surface area contributed by atoms with Crippen LogP contribution in [0, 0.1) is 0 Å². The van der Waals surface area contributed by atoms with Crippen LogP contribution in [0.5, 0.6) is 11.5 Å². The van der Waals surface area contributed by atoms with Crippen LogP contribution in [0.3, 0.4) is 0 Å². The fraction of sp³-hybridized carbons (Fsp3) is 0.222. The second kappa shape index (κ2) is 9.05. The average Bonchev–Trinajstić information content (AvgIpc) is 3.21. The second-order valence-corrected chi connectivity index (χ2v) is 6.30. The van der Waals surface area contributed by atoms with E-state index < -0.39 is 12.1 Å². The number of rotatable bonds is 7. The number of carbonyl (C=O) groups is 1. The van der Waals surface area contributed by atoms with Gasteiger partial charge in [-0.25, -0.2) is 4.79 Å². The number of hydrogen-bond acceptors (Lipinski definition) is 7. The first-order chi connectivity index (χ1) is 13.5. The summed E-state index contributed by atoms with van der Waals surface area (Å²) in [5, 5.41) is 33.5. The molecule has 0 aliphatic rings. The van der Waals surface area contributed by atoms with Crippen LogP contribution in [0.2, 0.25) is 5.02 Å². The molecule has 3 N–H and O–H groups in total. The molecule has 0 spiro atoms. The fourth-order valence-electron chi connectivity index (χ4n) is 2.58. The first-order valence-electron chi connectivity index (χ1n) is 8.43. The third-order valence-corrected chi connectivity index (χ3v) is 4.35. The van der Waals surface area contributed by atoms with Gasteiger partial charge < -0.3 is 20.3 Å². The molecule has 1 amide bonds. The number of nitrogens with zero attached hydrogens (tertiary/aromatic N) is 4. The highest BCUT2D eigenvalue weighted by atomic mass is 35.5. The molecule has 0 fully saturated rings. The Bertz CT molecular complexity index is 935. The van der Waals surface area contributed by atoms with E-state index in [0.29, 0.717) is 23.6 Å². The van der Waals surface area contributed by atoms with E-state index in [2.05, 4.69) is 20.7 Å². The minimum absolute atomic E-state index is 0.0358. The largest absolute Gasteiger partial charge is 0.504 e. The Kier molecular flexibility index (Phi) is 6.28. The van der Waals surface area contributed by atoms with E-state index >= 15 is 0 Å². The maximum absolute atomic E-state index is 12.0. The number of benzene rings is 2. The van der Waals surface area contributed by atoms with Gasteiger partial charge in [-0.2, -0.15) is 4.80 Å². The molecule has 0 saturated carbocycles. The fourth-order valence-corrected chi connectivity index (χ4v) is 2.84. The number of ether oxygens (including phenoxy) is 1. The first-order valence-corrected chi connectivity index (χ1v) is 8.81. The zero-order valence-corrected chi connectivity index (χ0v) is 15.5. The number of phenols is 2. The molecule has 146 valence electrons. The van der Waals surface area contributed by atoms with E-state index in [4.69, 9.17) is 16.3 Å². The van der Waals surface area contributed by atoms with Gasteiger partial charge in [0.05, 0.1) is 0 Å². The van der Waals surface area contributed by atoms with Gasteiger partial charge in [0.25, 0.3) is 0 Å². The van der Waals surface area contributed by atoms with Gasteiger partial charge in [0.2, 0.25) is 0 Å². The van der Waals surface area contributed by atoms with Gasteiger partial charge in [0, 0.05) is 17.1 Å². The van der Waals surface area contributed by atoms with Crippen molar-refractivity contribution < 1.29 is 19.7 Å². The lowest BCUT2D eigenvalue weighted by Gasteiger charge is -2.17. The summed E-state index contributed by atoms with van der Waals surface area (Å²) in [4.78, 5) is 13.4. The van der Waals surface area contributed by atoms with Crippen molar-refractivity contribution in [3.05, 3.63) is 64.9 Å². The molecule has 1 aromatic heterocycles. The summed E-state index contributed by atoms with van der Waals surface area (Å²) >= 11 is 6.24. The molecule has 1 unspecified atom stereocenters. The monoisotopic (exact) mass is 403 g/mol. The van der Waals surface area contributed by atoms with E-state index in [1.165, 1.54) is 23.3 Å². The van der Waals surface area contributed by atoms with E-state index in [1.807, 2.05) is 6.07 Å². The predicted molar refractivity (Wildman–Crippen MR) is 100 cm³/mol. The minimum atomic E-state index is -0.611. The molecule has 3 rings (SSSR count). The molecule has 2 aromatic carbocycles. The molecule has 0 aliphatic heterocycles. The Balaban J connectivity index is 1.55. The Hall–Kier alpha value is -3.33. The highest BCUT2D eigenvalue weighted by Gasteiger charge is 2.20. The van der Waals surface area contributed by atoms with Gasteiger partial charge in [-0.15, -0.1) is 10.2 Å². The van der Waals surface area contributed by atoms with Gasteiger partial charge in [0.1, 0.15) is 12.6 Å². The molecule has 0 radical (unpaired) electrons. The topological polar surface area (TPSA) is 122 Å². The van der Waals surface area contributed by atoms with Crippen molar-refractivity contribution in [2.75, 3.05) is 13.2 Å². The Labute approximate surface area is 165 Å². The quantitative estimate of drug-likeness (QED) is 0.517. The second-order valence-electron chi connectivity index (χ2n) is 5.89. The van der Waals surface area contributed by atoms with Crippen LogP contribution < -0.4 is 5.32 Å². The molecule has 28 heavy (non-hydrogen) atoms. The maximum atomic E-state index is 12.0. The smallest absolute Gasteiger partial charge is 0.407 e. The summed E-state index contributed by atoms with van der Waals surface area (Å²) in [6.45, 7) is 0.257. The van der Waals surface area contributed by atoms with Gasteiger partial charge in [-0.1, -0.05) is 35.9 Å². The number of tetrazole rings is 1. The third-order valence-electron chi connectivity index (χ3n) is 4.00. The van der Waals surface area contributed by atoms with Crippen LogP contribution in [-0.4, -0.2) is 49.7 Å². The van der Waals surface area contributed by atoms with Crippen molar-refractivity contribution >= 4 is 17.7 Å². The van der Waals surface area contributed by atoms with Crippen molar-refractivity contribution in [2.45, 2.75) is 12.5 Å². The van der Waals surface area contributed by atoms with Crippen LogP contribution in [0.25, 0.3) is 0 Å². The van der Waals surface area contributed by atoms with Crippen molar-refractivity contribution in [1.82, 2.24) is 25.5 Å². The van der Waals surface area contributed by atoms with Crippen molar-refractivity contribution in [3.63, 3.8) is 0 Å². The van der Waals surface area contributed by atoms with Gasteiger partial charge >= 0.3 is 6.09 Å². The van der Waals surface area contributed by atoms with Gasteiger partial charge in [-0.3, -0.25) is 0 Å². The Morgan fingerprint density at radius 2 is 2.04 bits per heavy atom. The maximum Gasteiger partial charge on any atom is 0.407 e. The van der Waals surface area contributed by atoms with Crippen LogP contribution in [0.4, 0.5) is 4.79 Å². The highest BCUT2D eigenvalue weighted by molar-refractivity contribution is 6.31. The number of aromatic hydroxyl groups is 2. The van der Waals surface area contributed by atoms with E-state index in [-0.39, 0.29) is 18.1 Å². The molecule has 10 heteroatoms. The normalized spacial score (nSPS) is 11.8. The summed E-state index contributed by atoms with van der Waals surface area (Å²) in [7, 11) is 0. The molecule has 0 aliphatic carbocycles. The van der Waals surface area contributed by atoms with Crippen LogP contribution in [0.15, 0.2) is 48.8 Å². The number of alkyl carbamates (subject to hydrolysis) is 1. The summed E-state index contributed by atoms with van der Waals surface area (Å²) < 4.78 is 5.29. The molecule has 1 atom stereocenters. The first kappa shape index (κ1) is 19.4. The number of nitrogens with one attached hydrogen (secondary N) is 1. The molecule has 3 aromatic rings. The van der Waals surface area contributed by atoms with Gasteiger partial charge in [-0.05, 0) is 35.4 Å². The van der Waals surface area contributed by atoms with E-state index in [1.54, 1.807) is 24.3 Å².